The van der Waals surface area contributed by atoms with Crippen LogP contribution in [-0.4, -0.2) is 59.5 Å². The first-order valence-electron chi connectivity index (χ1n) is 6.28. The van der Waals surface area contributed by atoms with Gasteiger partial charge >= 0.3 is 12.1 Å². The zero-order valence-corrected chi connectivity index (χ0v) is 11.2. The van der Waals surface area contributed by atoms with Gasteiger partial charge in [0.25, 0.3) is 0 Å². The van der Waals surface area contributed by atoms with E-state index in [1.165, 1.54) is 14.8 Å². The molecule has 0 aliphatic carbocycles. The lowest BCUT2D eigenvalue weighted by Crippen LogP contribution is -2.41. The van der Waals surface area contributed by atoms with Crippen molar-refractivity contribution in [1.82, 2.24) is 20.1 Å². The Kier molecular flexibility index (Phi) is 2.81. The molecule has 0 bridgehead atoms. The average Bonchev–Trinajstić information content (AvgIpc) is 2.89. The molecule has 0 saturated carbocycles. The van der Waals surface area contributed by atoms with Crippen molar-refractivity contribution in [3.05, 3.63) is 35.9 Å². The zero-order valence-electron chi connectivity index (χ0n) is 11.2. The number of nitrogens with one attached hydrogen (secondary N) is 1. The summed E-state index contributed by atoms with van der Waals surface area (Å²) in [5.74, 6) is 0. The third-order valence-corrected chi connectivity index (χ3v) is 3.56. The van der Waals surface area contributed by atoms with E-state index in [0.717, 1.165) is 5.56 Å². The molecule has 2 aliphatic heterocycles. The molecule has 2 heterocycles. The number of benzene rings is 1. The van der Waals surface area contributed by atoms with Crippen LogP contribution in [0.25, 0.3) is 0 Å². The van der Waals surface area contributed by atoms with Crippen molar-refractivity contribution in [1.29, 1.82) is 0 Å². The molecule has 3 rings (SSSR count). The lowest BCUT2D eigenvalue weighted by molar-refractivity contribution is 0.148. The Hall–Kier alpha value is -2.57. The van der Waals surface area contributed by atoms with Gasteiger partial charge in [-0.2, -0.15) is 10.1 Å². The van der Waals surface area contributed by atoms with Gasteiger partial charge in [-0.05, 0) is 5.56 Å². The fraction of sp³-hybridized carbons (Fsp3) is 0.308. The molecule has 2 aliphatic rings. The Morgan fingerprint density at radius 2 is 1.85 bits per heavy atom. The van der Waals surface area contributed by atoms with Crippen LogP contribution >= 0.6 is 0 Å². The van der Waals surface area contributed by atoms with Crippen LogP contribution in [0.3, 0.4) is 0 Å². The minimum atomic E-state index is -0.417. The molecule has 0 aromatic heterocycles. The van der Waals surface area contributed by atoms with Crippen molar-refractivity contribution >= 4 is 18.3 Å². The van der Waals surface area contributed by atoms with E-state index >= 15 is 0 Å². The third-order valence-electron chi connectivity index (χ3n) is 3.56. The zero-order chi connectivity index (χ0) is 14.3. The number of urea groups is 2. The number of hydrogen-bond acceptors (Lipinski definition) is 3. The number of amides is 4. The summed E-state index contributed by atoms with van der Waals surface area (Å²) in [6.45, 7) is 0. The van der Waals surface area contributed by atoms with E-state index in [-0.39, 0.29) is 18.2 Å². The Morgan fingerprint density at radius 1 is 1.15 bits per heavy atom. The first-order valence-corrected chi connectivity index (χ1v) is 6.28. The first-order chi connectivity index (χ1) is 9.59. The smallest absolute Gasteiger partial charge is 0.312 e. The van der Waals surface area contributed by atoms with Crippen LogP contribution in [0.2, 0.25) is 0 Å². The van der Waals surface area contributed by atoms with Crippen LogP contribution < -0.4 is 5.32 Å². The highest BCUT2D eigenvalue weighted by Gasteiger charge is 2.52. The summed E-state index contributed by atoms with van der Waals surface area (Å²) >= 11 is 0. The first kappa shape index (κ1) is 12.5. The van der Waals surface area contributed by atoms with Crippen molar-refractivity contribution < 1.29 is 9.59 Å². The summed E-state index contributed by atoms with van der Waals surface area (Å²) in [6.07, 6.45) is 0.825. The third kappa shape index (κ3) is 1.78. The lowest BCUT2D eigenvalue weighted by atomic mass is 10.2. The van der Waals surface area contributed by atoms with Gasteiger partial charge in [0.2, 0.25) is 0 Å². The summed E-state index contributed by atoms with van der Waals surface area (Å²) < 4.78 is 0. The highest BCUT2D eigenvalue weighted by molar-refractivity contribution is 5.86. The second kappa shape index (κ2) is 4.52. The second-order valence-corrected chi connectivity index (χ2v) is 4.81. The van der Waals surface area contributed by atoms with E-state index < -0.39 is 6.17 Å². The van der Waals surface area contributed by atoms with Gasteiger partial charge in [0.05, 0.1) is 6.21 Å². The molecule has 7 heteroatoms. The van der Waals surface area contributed by atoms with E-state index in [2.05, 4.69) is 10.4 Å². The molecule has 2 atom stereocenters. The minimum absolute atomic E-state index is 0.139. The van der Waals surface area contributed by atoms with E-state index in [4.69, 9.17) is 0 Å². The highest BCUT2D eigenvalue weighted by Crippen LogP contribution is 2.26. The number of carbonyl (C=O) groups is 2. The topological polar surface area (TPSA) is 68.2 Å². The van der Waals surface area contributed by atoms with Gasteiger partial charge in [-0.25, -0.2) is 9.59 Å². The quantitative estimate of drug-likeness (QED) is 0.806. The number of carbonyl (C=O) groups excluding carboxylic acids is 2. The van der Waals surface area contributed by atoms with Crippen molar-refractivity contribution in [2.24, 2.45) is 5.10 Å². The van der Waals surface area contributed by atoms with E-state index in [0.29, 0.717) is 0 Å². The molecule has 1 aromatic rings. The number of rotatable bonds is 2. The molecule has 0 radical (unpaired) electrons. The maximum Gasteiger partial charge on any atom is 0.341 e. The van der Waals surface area contributed by atoms with Gasteiger partial charge in [0.15, 0.2) is 6.17 Å². The van der Waals surface area contributed by atoms with Gasteiger partial charge in [-0.3, -0.25) is 0 Å². The summed E-state index contributed by atoms with van der Waals surface area (Å²) in [5, 5.41) is 8.27. The van der Waals surface area contributed by atoms with Crippen molar-refractivity contribution in [3.8, 4) is 0 Å². The molecule has 20 heavy (non-hydrogen) atoms. The number of nitrogens with zero attached hydrogens (tertiary/aromatic N) is 4. The lowest BCUT2D eigenvalue weighted by Gasteiger charge is -2.21. The fourth-order valence-electron chi connectivity index (χ4n) is 2.46. The average molecular weight is 273 g/mol. The van der Waals surface area contributed by atoms with Crippen LogP contribution in [0.1, 0.15) is 5.56 Å². The monoisotopic (exact) mass is 273 g/mol. The number of hydrazone groups is 1. The SMILES string of the molecule is CN1C(=O)N(C)[C@H]2[C@H]1NC(=O)N2/N=C\c1ccccc1. The van der Waals surface area contributed by atoms with Crippen LogP contribution in [0.15, 0.2) is 35.4 Å². The molecule has 1 N–H and O–H groups in total. The second-order valence-electron chi connectivity index (χ2n) is 4.81. The van der Waals surface area contributed by atoms with Crippen LogP contribution in [0, 0.1) is 0 Å². The molecule has 0 unspecified atom stereocenters. The van der Waals surface area contributed by atoms with Crippen LogP contribution in [0.4, 0.5) is 9.59 Å². The molecule has 2 fully saturated rings. The largest absolute Gasteiger partial charge is 0.341 e. The van der Waals surface area contributed by atoms with Gasteiger partial charge in [-0.1, -0.05) is 30.3 Å². The molecular formula is C13H15N5O2. The molecule has 1 aromatic carbocycles. The summed E-state index contributed by atoms with van der Waals surface area (Å²) in [4.78, 5) is 26.8. The van der Waals surface area contributed by atoms with E-state index in [1.807, 2.05) is 30.3 Å². The van der Waals surface area contributed by atoms with Gasteiger partial charge in [-0.15, -0.1) is 0 Å². The summed E-state index contributed by atoms with van der Waals surface area (Å²) in [6, 6.07) is 9.04. The number of fused-ring (bicyclic) bond motifs is 1. The predicted molar refractivity (Wildman–Crippen MR) is 72.9 cm³/mol. The molecule has 2 saturated heterocycles. The Balaban J connectivity index is 1.85. The molecule has 4 amide bonds. The molecule has 7 nitrogen and oxygen atoms in total. The Morgan fingerprint density at radius 3 is 2.55 bits per heavy atom. The number of hydrogen-bond donors (Lipinski definition) is 1. The van der Waals surface area contributed by atoms with Crippen molar-refractivity contribution in [2.75, 3.05) is 14.1 Å². The van der Waals surface area contributed by atoms with Gasteiger partial charge < -0.3 is 15.1 Å². The fourth-order valence-corrected chi connectivity index (χ4v) is 2.46. The van der Waals surface area contributed by atoms with Gasteiger partial charge in [0, 0.05) is 14.1 Å². The molecule has 104 valence electrons. The normalized spacial score (nSPS) is 25.6. The Bertz CT molecular complexity index is 573. The van der Waals surface area contributed by atoms with Gasteiger partial charge in [0.1, 0.15) is 6.17 Å². The van der Waals surface area contributed by atoms with E-state index in [9.17, 15) is 9.59 Å². The standard InChI is InChI=1S/C13H15N5O2/c1-16-10-11(17(2)13(16)20)18(12(19)15-10)14-8-9-6-4-3-5-7-9/h3-8,10-11H,1-2H3,(H,15,19)/b14-8-/t10-,11+/m0/s1. The predicted octanol–water partition coefficient (Wildman–Crippen LogP) is 0.695. The molecular weight excluding hydrogens is 258 g/mol. The minimum Gasteiger partial charge on any atom is -0.312 e. The number of likely N-dealkylation sites (N-methyl/N-ethyl adjacent to an activating group) is 2. The maximum absolute atomic E-state index is 11.9. The van der Waals surface area contributed by atoms with Crippen molar-refractivity contribution in [2.45, 2.75) is 12.3 Å². The summed E-state index contributed by atoms with van der Waals surface area (Å²) in [7, 11) is 3.32. The molecule has 0 spiro atoms. The Labute approximate surface area is 116 Å². The van der Waals surface area contributed by atoms with Crippen LogP contribution in [-0.2, 0) is 0 Å². The summed E-state index contributed by atoms with van der Waals surface area (Å²) in [5.41, 5.74) is 0.893. The maximum atomic E-state index is 11.9. The highest BCUT2D eigenvalue weighted by atomic mass is 16.2. The van der Waals surface area contributed by atoms with Crippen LogP contribution in [0.5, 0.6) is 0 Å². The van der Waals surface area contributed by atoms with Crippen molar-refractivity contribution in [3.63, 3.8) is 0 Å². The van der Waals surface area contributed by atoms with E-state index in [1.54, 1.807) is 20.3 Å².